The number of ether oxygens (including phenoxy) is 1. The number of aromatic hydroxyl groups is 1. The van der Waals surface area contributed by atoms with Gasteiger partial charge in [0.2, 0.25) is 17.8 Å². The Bertz CT molecular complexity index is 1100. The van der Waals surface area contributed by atoms with Crippen LogP contribution in [-0.2, 0) is 6.54 Å². The molecular formula is C24H30FN7O2. The van der Waals surface area contributed by atoms with Crippen molar-refractivity contribution in [2.24, 2.45) is 0 Å². The van der Waals surface area contributed by atoms with Gasteiger partial charge in [-0.15, -0.1) is 0 Å². The minimum atomic E-state index is -0.480. The van der Waals surface area contributed by atoms with Crippen molar-refractivity contribution in [3.63, 3.8) is 0 Å². The van der Waals surface area contributed by atoms with Crippen LogP contribution < -0.4 is 20.7 Å². The number of nitrogens with zero attached hydrogens (tertiary/aromatic N) is 4. The zero-order chi connectivity index (χ0) is 23.9. The third-order valence-electron chi connectivity index (χ3n) is 5.83. The summed E-state index contributed by atoms with van der Waals surface area (Å²) in [5, 5.41) is 19.1. The van der Waals surface area contributed by atoms with Gasteiger partial charge in [-0.2, -0.15) is 15.0 Å². The van der Waals surface area contributed by atoms with E-state index in [0.717, 1.165) is 31.6 Å². The van der Waals surface area contributed by atoms with Crippen LogP contribution in [0, 0.1) is 5.82 Å². The number of rotatable bonds is 10. The Kier molecular flexibility index (Phi) is 7.58. The topological polar surface area (TPSA) is 107 Å². The smallest absolute Gasteiger partial charge is 0.233 e. The predicted molar refractivity (Wildman–Crippen MR) is 130 cm³/mol. The Balaban J connectivity index is 1.52. The lowest BCUT2D eigenvalue weighted by Gasteiger charge is -2.23. The molecular weight excluding hydrogens is 437 g/mol. The largest absolute Gasteiger partial charge is 0.508 e. The highest BCUT2D eigenvalue weighted by Gasteiger charge is 2.23. The van der Waals surface area contributed by atoms with E-state index < -0.39 is 5.82 Å². The van der Waals surface area contributed by atoms with E-state index in [2.05, 4.69) is 42.7 Å². The molecule has 9 nitrogen and oxygen atoms in total. The number of likely N-dealkylation sites (N-methyl/N-ethyl adjacent to an activating group) is 1. The summed E-state index contributed by atoms with van der Waals surface area (Å²) in [5.74, 6) is 0.988. The minimum absolute atomic E-state index is 0.164. The van der Waals surface area contributed by atoms with Crippen LogP contribution in [0.15, 0.2) is 42.5 Å². The molecule has 2 heterocycles. The lowest BCUT2D eigenvalue weighted by molar-refractivity contribution is 0.277. The van der Waals surface area contributed by atoms with Gasteiger partial charge in [0.15, 0.2) is 11.6 Å². The molecule has 34 heavy (non-hydrogen) atoms. The first-order valence-corrected chi connectivity index (χ1v) is 11.4. The van der Waals surface area contributed by atoms with Crippen molar-refractivity contribution in [3.8, 4) is 11.5 Å². The van der Waals surface area contributed by atoms with Crippen LogP contribution in [0.25, 0.3) is 0 Å². The van der Waals surface area contributed by atoms with Gasteiger partial charge >= 0.3 is 0 Å². The van der Waals surface area contributed by atoms with E-state index in [9.17, 15) is 9.50 Å². The summed E-state index contributed by atoms with van der Waals surface area (Å²) >= 11 is 0. The van der Waals surface area contributed by atoms with Crippen LogP contribution in [0.3, 0.4) is 0 Å². The first-order valence-electron chi connectivity index (χ1n) is 11.4. The lowest BCUT2D eigenvalue weighted by Crippen LogP contribution is -2.35. The van der Waals surface area contributed by atoms with Crippen molar-refractivity contribution in [1.29, 1.82) is 0 Å². The van der Waals surface area contributed by atoms with Crippen LogP contribution in [0.4, 0.5) is 27.9 Å². The van der Waals surface area contributed by atoms with Crippen molar-refractivity contribution >= 4 is 23.5 Å². The van der Waals surface area contributed by atoms with Crippen molar-refractivity contribution < 1.29 is 14.2 Å². The number of benzene rings is 2. The molecule has 1 atom stereocenters. The fourth-order valence-electron chi connectivity index (χ4n) is 4.01. The molecule has 0 radical (unpaired) electrons. The lowest BCUT2D eigenvalue weighted by atomic mass is 10.2. The number of nitrogens with one attached hydrogen (secondary N) is 3. The maximum Gasteiger partial charge on any atom is 0.233 e. The molecule has 0 amide bonds. The molecule has 4 rings (SSSR count). The van der Waals surface area contributed by atoms with E-state index in [4.69, 9.17) is 4.74 Å². The summed E-state index contributed by atoms with van der Waals surface area (Å²) in [6.45, 7) is 5.48. The molecule has 1 aliphatic rings. The normalized spacial score (nSPS) is 15.8. The minimum Gasteiger partial charge on any atom is -0.508 e. The third kappa shape index (κ3) is 6.02. The summed E-state index contributed by atoms with van der Waals surface area (Å²) in [4.78, 5) is 15.9. The molecule has 1 saturated heterocycles. The summed E-state index contributed by atoms with van der Waals surface area (Å²) in [5.41, 5.74) is 1.46. The average molecular weight is 468 g/mol. The summed E-state index contributed by atoms with van der Waals surface area (Å²) in [6.07, 6.45) is 2.32. The monoisotopic (exact) mass is 467 g/mol. The SMILES string of the molecule is CCN1CCCC1CNc1nc(NCc2ccc(O)cc2)nc(Nc2ccc(OC)c(F)c2)n1. The molecule has 0 aliphatic carbocycles. The van der Waals surface area contributed by atoms with E-state index >= 15 is 0 Å². The Hall–Kier alpha value is -3.66. The second kappa shape index (κ2) is 11.0. The molecule has 180 valence electrons. The van der Waals surface area contributed by atoms with Crippen LogP contribution in [0.5, 0.6) is 11.5 Å². The van der Waals surface area contributed by atoms with E-state index in [1.165, 1.54) is 19.6 Å². The second-order valence-electron chi connectivity index (χ2n) is 8.11. The average Bonchev–Trinajstić information content (AvgIpc) is 3.30. The first kappa shape index (κ1) is 23.5. The molecule has 3 aromatic rings. The molecule has 0 spiro atoms. The number of likely N-dealkylation sites (tertiary alicyclic amines) is 1. The van der Waals surface area contributed by atoms with Gasteiger partial charge in [0, 0.05) is 30.9 Å². The first-order chi connectivity index (χ1) is 16.5. The van der Waals surface area contributed by atoms with Crippen molar-refractivity contribution in [1.82, 2.24) is 19.9 Å². The van der Waals surface area contributed by atoms with Gasteiger partial charge in [-0.3, -0.25) is 4.90 Å². The van der Waals surface area contributed by atoms with Crippen molar-refractivity contribution in [2.75, 3.05) is 42.7 Å². The van der Waals surface area contributed by atoms with Crippen molar-refractivity contribution in [2.45, 2.75) is 32.4 Å². The third-order valence-corrected chi connectivity index (χ3v) is 5.83. The number of methoxy groups -OCH3 is 1. The standard InChI is InChI=1S/C24H30FN7O2/c1-3-32-12-4-5-18(32)15-27-23-29-22(26-14-16-6-9-19(33)10-7-16)30-24(31-23)28-17-8-11-21(34-2)20(25)13-17/h6-11,13,18,33H,3-5,12,14-15H2,1-2H3,(H3,26,27,28,29,30,31). The van der Waals surface area contributed by atoms with Crippen molar-refractivity contribution in [3.05, 3.63) is 53.8 Å². The molecule has 0 bridgehead atoms. The van der Waals surface area contributed by atoms with Gasteiger partial charge in [0.25, 0.3) is 0 Å². The van der Waals surface area contributed by atoms with E-state index in [1.807, 2.05) is 12.1 Å². The van der Waals surface area contributed by atoms with Gasteiger partial charge < -0.3 is 25.8 Å². The number of aromatic nitrogens is 3. The molecule has 4 N–H and O–H groups in total. The molecule has 0 saturated carbocycles. The Morgan fingerprint density at radius 1 is 1.06 bits per heavy atom. The highest BCUT2D eigenvalue weighted by atomic mass is 19.1. The fourth-order valence-corrected chi connectivity index (χ4v) is 4.01. The highest BCUT2D eigenvalue weighted by Crippen LogP contribution is 2.23. The van der Waals surface area contributed by atoms with Crippen LogP contribution in [-0.4, -0.2) is 57.7 Å². The van der Waals surface area contributed by atoms with Gasteiger partial charge in [0.05, 0.1) is 7.11 Å². The number of anilines is 4. The zero-order valence-electron chi connectivity index (χ0n) is 19.4. The summed E-state index contributed by atoms with van der Waals surface area (Å²) in [6, 6.07) is 11.9. The molecule has 1 unspecified atom stereocenters. The molecule has 1 aliphatic heterocycles. The number of hydrogen-bond acceptors (Lipinski definition) is 9. The van der Waals surface area contributed by atoms with Gasteiger partial charge in [-0.25, -0.2) is 4.39 Å². The quantitative estimate of drug-likeness (QED) is 0.352. The van der Waals surface area contributed by atoms with Gasteiger partial charge in [-0.05, 0) is 55.8 Å². The number of phenols is 1. The van der Waals surface area contributed by atoms with E-state index in [0.29, 0.717) is 30.2 Å². The number of halogens is 1. The van der Waals surface area contributed by atoms with Crippen LogP contribution in [0.1, 0.15) is 25.3 Å². The summed E-state index contributed by atoms with van der Waals surface area (Å²) in [7, 11) is 1.42. The molecule has 1 aromatic heterocycles. The second-order valence-corrected chi connectivity index (χ2v) is 8.11. The maximum atomic E-state index is 14.1. The maximum absolute atomic E-state index is 14.1. The molecule has 1 fully saturated rings. The van der Waals surface area contributed by atoms with E-state index in [1.54, 1.807) is 24.3 Å². The Morgan fingerprint density at radius 3 is 2.50 bits per heavy atom. The van der Waals surface area contributed by atoms with Gasteiger partial charge in [0.1, 0.15) is 5.75 Å². The van der Waals surface area contributed by atoms with E-state index in [-0.39, 0.29) is 17.4 Å². The molecule has 2 aromatic carbocycles. The highest BCUT2D eigenvalue weighted by molar-refractivity contribution is 5.57. The molecule has 10 heteroatoms. The van der Waals surface area contributed by atoms with Crippen LogP contribution in [0.2, 0.25) is 0 Å². The Morgan fingerprint density at radius 2 is 1.79 bits per heavy atom. The predicted octanol–water partition coefficient (Wildman–Crippen LogP) is 3.98. The number of phenolic OH excluding ortho intramolecular Hbond substituents is 1. The zero-order valence-corrected chi connectivity index (χ0v) is 19.4. The Labute approximate surface area is 198 Å². The fraction of sp³-hybridized carbons (Fsp3) is 0.375. The summed E-state index contributed by atoms with van der Waals surface area (Å²) < 4.78 is 19.1. The number of hydrogen-bond donors (Lipinski definition) is 4. The van der Waals surface area contributed by atoms with Gasteiger partial charge in [-0.1, -0.05) is 19.1 Å². The van der Waals surface area contributed by atoms with Crippen LogP contribution >= 0.6 is 0 Å².